The molecule has 0 spiro atoms. The van der Waals surface area contributed by atoms with E-state index < -0.39 is 5.97 Å². The van der Waals surface area contributed by atoms with Gasteiger partial charge in [0, 0.05) is 33.5 Å². The number of amides is 1. The number of nitrogens with one attached hydrogen (secondary N) is 1. The van der Waals surface area contributed by atoms with Gasteiger partial charge in [-0.05, 0) is 61.0 Å². The van der Waals surface area contributed by atoms with Gasteiger partial charge in [-0.2, -0.15) is 0 Å². The lowest BCUT2D eigenvalue weighted by molar-refractivity contribution is 0.0600. The summed E-state index contributed by atoms with van der Waals surface area (Å²) in [5.74, 6) is -0.764. The number of fused-ring (bicyclic) bond motifs is 1. The van der Waals surface area contributed by atoms with Crippen molar-refractivity contribution in [3.63, 3.8) is 0 Å². The molecule has 0 unspecified atom stereocenters. The maximum Gasteiger partial charge on any atom is 0.337 e. The van der Waals surface area contributed by atoms with Crippen LogP contribution in [0.25, 0.3) is 22.2 Å². The molecule has 0 saturated carbocycles. The van der Waals surface area contributed by atoms with Gasteiger partial charge in [0.1, 0.15) is 0 Å². The molecule has 1 amide bonds. The summed E-state index contributed by atoms with van der Waals surface area (Å²) in [5.41, 5.74) is 4.43. The molecule has 6 nitrogen and oxygen atoms in total. The fourth-order valence-corrected chi connectivity index (χ4v) is 3.61. The Hall–Kier alpha value is -3.58. The monoisotopic (exact) mass is 475 g/mol. The van der Waals surface area contributed by atoms with Crippen molar-refractivity contribution in [2.75, 3.05) is 12.4 Å². The van der Waals surface area contributed by atoms with E-state index >= 15 is 0 Å². The lowest BCUT2D eigenvalue weighted by Crippen LogP contribution is -2.15. The summed E-state index contributed by atoms with van der Waals surface area (Å²) < 4.78 is 5.63. The SMILES string of the molecule is COC(=O)c1ccc(C)c(NC(=O)c2cc(-c3ccncc3)nc3ccc(Br)cc23)c1. The second-order valence-corrected chi connectivity index (χ2v) is 7.84. The first-order chi connectivity index (χ1) is 15.0. The molecule has 0 radical (unpaired) electrons. The van der Waals surface area contributed by atoms with Crippen LogP contribution in [0.3, 0.4) is 0 Å². The minimum Gasteiger partial charge on any atom is -0.465 e. The Balaban J connectivity index is 1.80. The molecule has 0 aliphatic carbocycles. The van der Waals surface area contributed by atoms with E-state index in [9.17, 15) is 9.59 Å². The number of hydrogen-bond donors (Lipinski definition) is 1. The van der Waals surface area contributed by atoms with Crippen molar-refractivity contribution < 1.29 is 14.3 Å². The van der Waals surface area contributed by atoms with E-state index in [0.29, 0.717) is 33.4 Å². The van der Waals surface area contributed by atoms with Crippen LogP contribution >= 0.6 is 15.9 Å². The van der Waals surface area contributed by atoms with Crippen molar-refractivity contribution in [1.82, 2.24) is 9.97 Å². The Kier molecular flexibility index (Phi) is 5.77. The lowest BCUT2D eigenvalue weighted by Gasteiger charge is -2.13. The van der Waals surface area contributed by atoms with Gasteiger partial charge in [-0.1, -0.05) is 22.0 Å². The average Bonchev–Trinajstić information content (AvgIpc) is 2.79. The van der Waals surface area contributed by atoms with Crippen LogP contribution in [-0.2, 0) is 4.74 Å². The molecular weight excluding hydrogens is 458 g/mol. The van der Waals surface area contributed by atoms with Crippen LogP contribution in [-0.4, -0.2) is 29.0 Å². The zero-order valence-electron chi connectivity index (χ0n) is 16.8. The molecular formula is C24H18BrN3O3. The highest BCUT2D eigenvalue weighted by Crippen LogP contribution is 2.28. The van der Waals surface area contributed by atoms with Crippen LogP contribution in [0.2, 0.25) is 0 Å². The summed E-state index contributed by atoms with van der Waals surface area (Å²) >= 11 is 3.47. The molecule has 2 aromatic carbocycles. The summed E-state index contributed by atoms with van der Waals surface area (Å²) in [6.45, 7) is 1.86. The number of nitrogens with zero attached hydrogens (tertiary/aromatic N) is 2. The number of aromatic nitrogens is 2. The summed E-state index contributed by atoms with van der Waals surface area (Å²) in [7, 11) is 1.32. The molecule has 0 bridgehead atoms. The van der Waals surface area contributed by atoms with Gasteiger partial charge in [0.05, 0.1) is 29.4 Å². The Bertz CT molecular complexity index is 1310. The molecule has 1 N–H and O–H groups in total. The van der Waals surface area contributed by atoms with Crippen LogP contribution < -0.4 is 5.32 Å². The van der Waals surface area contributed by atoms with E-state index in [1.807, 2.05) is 37.3 Å². The number of ether oxygens (including phenoxy) is 1. The van der Waals surface area contributed by atoms with Gasteiger partial charge in [0.15, 0.2) is 0 Å². The first-order valence-electron chi connectivity index (χ1n) is 9.47. The zero-order chi connectivity index (χ0) is 22.0. The van der Waals surface area contributed by atoms with Crippen LogP contribution in [0.4, 0.5) is 5.69 Å². The molecule has 7 heteroatoms. The second kappa shape index (κ2) is 8.65. The molecule has 0 saturated heterocycles. The Morgan fingerprint density at radius 2 is 1.77 bits per heavy atom. The largest absolute Gasteiger partial charge is 0.465 e. The van der Waals surface area contributed by atoms with Gasteiger partial charge in [0.2, 0.25) is 0 Å². The van der Waals surface area contributed by atoms with Gasteiger partial charge >= 0.3 is 5.97 Å². The van der Waals surface area contributed by atoms with Crippen molar-refractivity contribution in [3.05, 3.63) is 88.2 Å². The normalized spacial score (nSPS) is 10.7. The maximum absolute atomic E-state index is 13.3. The standard InChI is InChI=1S/C24H18BrN3O3/c1-14-3-4-16(24(30)31-2)11-21(14)28-23(29)19-13-22(15-7-9-26-10-8-15)27-20-6-5-17(25)12-18(19)20/h3-13H,1-2H3,(H,28,29). The van der Waals surface area contributed by atoms with Gasteiger partial charge in [-0.25, -0.2) is 9.78 Å². The second-order valence-electron chi connectivity index (χ2n) is 6.93. The minimum absolute atomic E-state index is 0.300. The van der Waals surface area contributed by atoms with Gasteiger partial charge in [-0.3, -0.25) is 9.78 Å². The Morgan fingerprint density at radius 3 is 2.52 bits per heavy atom. The molecule has 0 aliphatic rings. The third-order valence-corrected chi connectivity index (χ3v) is 5.39. The predicted octanol–water partition coefficient (Wildman–Crippen LogP) is 5.41. The molecule has 0 atom stereocenters. The third kappa shape index (κ3) is 4.32. The minimum atomic E-state index is -0.464. The summed E-state index contributed by atoms with van der Waals surface area (Å²) in [4.78, 5) is 34.0. The molecule has 31 heavy (non-hydrogen) atoms. The van der Waals surface area contributed by atoms with Crippen molar-refractivity contribution in [3.8, 4) is 11.3 Å². The number of carbonyl (C=O) groups excluding carboxylic acids is 2. The number of anilines is 1. The summed E-state index contributed by atoms with van der Waals surface area (Å²) in [6, 6.07) is 16.1. The van der Waals surface area contributed by atoms with E-state index in [1.54, 1.807) is 36.7 Å². The van der Waals surface area contributed by atoms with E-state index in [0.717, 1.165) is 15.6 Å². The topological polar surface area (TPSA) is 81.2 Å². The molecule has 4 rings (SSSR count). The molecule has 4 aromatic rings. The number of aryl methyl sites for hydroxylation is 1. The van der Waals surface area contributed by atoms with E-state index in [-0.39, 0.29) is 5.91 Å². The molecule has 0 aliphatic heterocycles. The number of esters is 1. The van der Waals surface area contributed by atoms with E-state index in [4.69, 9.17) is 9.72 Å². The molecule has 2 heterocycles. The highest BCUT2D eigenvalue weighted by atomic mass is 79.9. The average molecular weight is 476 g/mol. The van der Waals surface area contributed by atoms with Crippen LogP contribution in [0.15, 0.2) is 71.5 Å². The fourth-order valence-electron chi connectivity index (χ4n) is 3.25. The number of hydrogen-bond acceptors (Lipinski definition) is 5. The van der Waals surface area contributed by atoms with Crippen molar-refractivity contribution >= 4 is 44.4 Å². The Morgan fingerprint density at radius 1 is 1.00 bits per heavy atom. The first kappa shape index (κ1) is 20.7. The molecule has 2 aromatic heterocycles. The van der Waals surface area contributed by atoms with Crippen molar-refractivity contribution in [1.29, 1.82) is 0 Å². The predicted molar refractivity (Wildman–Crippen MR) is 123 cm³/mol. The van der Waals surface area contributed by atoms with Gasteiger partial charge in [0.25, 0.3) is 5.91 Å². The summed E-state index contributed by atoms with van der Waals surface area (Å²) in [5, 5.41) is 3.65. The smallest absolute Gasteiger partial charge is 0.337 e. The number of rotatable bonds is 4. The number of halogens is 1. The molecule has 0 fully saturated rings. The van der Waals surface area contributed by atoms with Crippen molar-refractivity contribution in [2.24, 2.45) is 0 Å². The summed E-state index contributed by atoms with van der Waals surface area (Å²) in [6.07, 6.45) is 3.37. The van der Waals surface area contributed by atoms with Gasteiger partial charge < -0.3 is 10.1 Å². The highest BCUT2D eigenvalue weighted by molar-refractivity contribution is 9.10. The number of benzene rings is 2. The highest BCUT2D eigenvalue weighted by Gasteiger charge is 2.17. The number of carbonyl (C=O) groups is 2. The first-order valence-corrected chi connectivity index (χ1v) is 10.3. The number of pyridine rings is 2. The van der Waals surface area contributed by atoms with Crippen LogP contribution in [0.1, 0.15) is 26.3 Å². The van der Waals surface area contributed by atoms with E-state index in [1.165, 1.54) is 7.11 Å². The van der Waals surface area contributed by atoms with Crippen LogP contribution in [0.5, 0.6) is 0 Å². The zero-order valence-corrected chi connectivity index (χ0v) is 18.4. The van der Waals surface area contributed by atoms with Gasteiger partial charge in [-0.15, -0.1) is 0 Å². The number of methoxy groups -OCH3 is 1. The van der Waals surface area contributed by atoms with Crippen LogP contribution in [0, 0.1) is 6.92 Å². The maximum atomic E-state index is 13.3. The lowest BCUT2D eigenvalue weighted by atomic mass is 10.0. The Labute approximate surface area is 187 Å². The fraction of sp³-hybridized carbons (Fsp3) is 0.0833. The quantitative estimate of drug-likeness (QED) is 0.399. The molecule has 154 valence electrons. The van der Waals surface area contributed by atoms with E-state index in [2.05, 4.69) is 26.2 Å². The van der Waals surface area contributed by atoms with Crippen molar-refractivity contribution in [2.45, 2.75) is 6.92 Å². The third-order valence-electron chi connectivity index (χ3n) is 4.90.